The Bertz CT molecular complexity index is 2940. The van der Waals surface area contributed by atoms with Gasteiger partial charge in [0.15, 0.2) is 11.6 Å². The third-order valence-corrected chi connectivity index (χ3v) is 13.5. The van der Waals surface area contributed by atoms with Crippen molar-refractivity contribution in [2.45, 2.75) is 121 Å². The molecule has 7 aromatic rings. The standard InChI is InChI=1S/C25H25F3N8.C19H18ClF3N6/c1-15-13-30-23(31-18-5-8-29-16(2)11-18)32-20(15)17-12-19-21-33-34-22(24(6-3-7-24)25(26,27)28)36(21)10-4-9-35(19)14-17;1-11-9-24-17(20)25-14(11)12-8-13-15-26-27-16(18(4-2-5-18)19(21,22)23)29(15)7-3-6-28(13)10-12/h5,8,11-14H,3-4,6-7,9-10H2,1-2H3,(H,29,30,31,32);8-10H,2-7H2,1H3. The number of nitrogens with zero attached hydrogens (tertiary/aromatic N) is 13. The van der Waals surface area contributed by atoms with Crippen LogP contribution in [0, 0.1) is 20.8 Å². The van der Waals surface area contributed by atoms with E-state index in [9.17, 15) is 26.3 Å². The number of pyridine rings is 1. The van der Waals surface area contributed by atoms with Gasteiger partial charge in [-0.25, -0.2) is 19.9 Å². The van der Waals surface area contributed by atoms with E-state index >= 15 is 0 Å². The maximum absolute atomic E-state index is 14.1. The molecule has 2 saturated carbocycles. The van der Waals surface area contributed by atoms with E-state index in [0.717, 1.165) is 50.7 Å². The summed E-state index contributed by atoms with van der Waals surface area (Å²) in [6.45, 7) is 8.00. The zero-order valence-corrected chi connectivity index (χ0v) is 36.4. The summed E-state index contributed by atoms with van der Waals surface area (Å²) in [5.41, 5.74) is 4.30. The molecule has 21 heteroatoms. The first-order valence-corrected chi connectivity index (χ1v) is 21.9. The van der Waals surface area contributed by atoms with Gasteiger partial charge < -0.3 is 23.6 Å². The second-order valence-electron chi connectivity index (χ2n) is 17.4. The first-order valence-electron chi connectivity index (χ1n) is 21.5. The summed E-state index contributed by atoms with van der Waals surface area (Å²) in [6.07, 6.45) is 3.11. The monoisotopic (exact) mass is 916 g/mol. The number of halogens is 7. The molecule has 0 amide bonds. The van der Waals surface area contributed by atoms with Crippen molar-refractivity contribution in [2.75, 3.05) is 5.32 Å². The van der Waals surface area contributed by atoms with Crippen LogP contribution in [-0.2, 0) is 37.0 Å². The third kappa shape index (κ3) is 7.23. The smallest absolute Gasteiger partial charge is 0.344 e. The van der Waals surface area contributed by atoms with E-state index < -0.39 is 23.2 Å². The fraction of sp³-hybridized carbons (Fsp3) is 0.432. The molecule has 2 fully saturated rings. The van der Waals surface area contributed by atoms with Gasteiger partial charge in [-0.3, -0.25) is 4.98 Å². The van der Waals surface area contributed by atoms with Crippen molar-refractivity contribution in [1.29, 1.82) is 0 Å². The number of hydrogen-bond donors (Lipinski definition) is 1. The quantitative estimate of drug-likeness (QED) is 0.126. The van der Waals surface area contributed by atoms with Crippen molar-refractivity contribution in [2.24, 2.45) is 0 Å². The summed E-state index contributed by atoms with van der Waals surface area (Å²) in [7, 11) is 0. The van der Waals surface area contributed by atoms with Gasteiger partial charge in [0.25, 0.3) is 0 Å². The molecule has 0 unspecified atom stereocenters. The van der Waals surface area contributed by atoms with Crippen LogP contribution >= 0.6 is 11.6 Å². The molecule has 338 valence electrons. The molecule has 4 aliphatic rings. The summed E-state index contributed by atoms with van der Waals surface area (Å²) < 4.78 is 91.2. The normalized spacial score (nSPS) is 17.2. The van der Waals surface area contributed by atoms with Crippen molar-refractivity contribution in [1.82, 2.24) is 63.6 Å². The molecule has 0 saturated heterocycles. The van der Waals surface area contributed by atoms with Gasteiger partial charge in [0.05, 0.1) is 22.8 Å². The van der Waals surface area contributed by atoms with E-state index in [-0.39, 0.29) is 42.6 Å². The Balaban J connectivity index is 0.000000157. The zero-order chi connectivity index (χ0) is 45.5. The number of aromatic nitrogens is 13. The van der Waals surface area contributed by atoms with Crippen molar-refractivity contribution in [3.8, 4) is 45.6 Å². The second-order valence-corrected chi connectivity index (χ2v) is 17.7. The molecular weight excluding hydrogens is 874 g/mol. The highest BCUT2D eigenvalue weighted by atomic mass is 35.5. The van der Waals surface area contributed by atoms with Crippen LogP contribution in [0.4, 0.5) is 38.0 Å². The average Bonchev–Trinajstić information content (AvgIpc) is 3.98. The molecule has 2 aliphatic heterocycles. The fourth-order valence-electron chi connectivity index (χ4n) is 9.53. The molecule has 0 spiro atoms. The predicted molar refractivity (Wildman–Crippen MR) is 228 cm³/mol. The minimum absolute atomic E-state index is 0.0451. The molecule has 65 heavy (non-hydrogen) atoms. The maximum Gasteiger partial charge on any atom is 0.401 e. The van der Waals surface area contributed by atoms with Gasteiger partial charge in [-0.05, 0) is 106 Å². The number of alkyl halides is 6. The fourth-order valence-corrected chi connectivity index (χ4v) is 9.66. The minimum Gasteiger partial charge on any atom is -0.344 e. The Hall–Kier alpha value is -6.18. The third-order valence-electron chi connectivity index (χ3n) is 13.3. The molecule has 0 aromatic carbocycles. The van der Waals surface area contributed by atoms with Crippen LogP contribution in [0.15, 0.2) is 55.2 Å². The summed E-state index contributed by atoms with van der Waals surface area (Å²) in [6, 6.07) is 7.58. The lowest BCUT2D eigenvalue weighted by atomic mass is 9.67. The Kier molecular flexibility index (Phi) is 10.4. The average molecular weight is 917 g/mol. The first-order chi connectivity index (χ1) is 31.0. The van der Waals surface area contributed by atoms with Gasteiger partial charge in [-0.2, -0.15) is 26.3 Å². The van der Waals surface area contributed by atoms with Crippen LogP contribution in [0.2, 0.25) is 5.28 Å². The van der Waals surface area contributed by atoms with E-state index in [2.05, 4.69) is 45.6 Å². The van der Waals surface area contributed by atoms with Gasteiger partial charge in [-0.1, -0.05) is 12.8 Å². The molecule has 14 nitrogen and oxygen atoms in total. The molecule has 11 rings (SSSR count). The van der Waals surface area contributed by atoms with E-state index in [1.807, 2.05) is 66.6 Å². The van der Waals surface area contributed by atoms with Gasteiger partial charge in [-0.15, -0.1) is 20.4 Å². The van der Waals surface area contributed by atoms with Crippen molar-refractivity contribution < 1.29 is 26.3 Å². The SMILES string of the molecule is Cc1cc(Nc2ncc(C)c(-c3cc4n(c3)CCCn3c-4nnc3C3(C(F)(F)F)CCC3)n2)ccn1.Cc1cnc(Cl)nc1-c1cc2n(c1)CCCn1c-2nnc1C1(C(F)(F)F)CCC1. The van der Waals surface area contributed by atoms with E-state index in [4.69, 9.17) is 16.6 Å². The Labute approximate surface area is 373 Å². The van der Waals surface area contributed by atoms with Crippen LogP contribution in [0.25, 0.3) is 45.6 Å². The number of rotatable bonds is 6. The topological polar surface area (TPSA) is 148 Å². The summed E-state index contributed by atoms with van der Waals surface area (Å²) in [4.78, 5) is 21.7. The Morgan fingerprint density at radius 3 is 1.60 bits per heavy atom. The highest BCUT2D eigenvalue weighted by molar-refractivity contribution is 6.28. The molecule has 1 N–H and O–H groups in total. The van der Waals surface area contributed by atoms with Crippen molar-refractivity contribution in [3.63, 3.8) is 0 Å². The lowest BCUT2D eigenvalue weighted by molar-refractivity contribution is -0.216. The van der Waals surface area contributed by atoms with Crippen LogP contribution in [0.3, 0.4) is 0 Å². The number of fused-ring (bicyclic) bond motifs is 6. The van der Waals surface area contributed by atoms with Crippen molar-refractivity contribution in [3.05, 3.63) is 89.0 Å². The largest absolute Gasteiger partial charge is 0.401 e. The second kappa shape index (κ2) is 15.8. The molecule has 0 radical (unpaired) electrons. The van der Waals surface area contributed by atoms with Gasteiger partial charge in [0.2, 0.25) is 11.2 Å². The van der Waals surface area contributed by atoms with Crippen LogP contribution < -0.4 is 5.32 Å². The van der Waals surface area contributed by atoms with E-state index in [1.165, 1.54) is 0 Å². The van der Waals surface area contributed by atoms with Crippen LogP contribution in [0.5, 0.6) is 0 Å². The van der Waals surface area contributed by atoms with Crippen molar-refractivity contribution >= 4 is 23.2 Å². The lowest BCUT2D eigenvalue weighted by Crippen LogP contribution is -2.49. The van der Waals surface area contributed by atoms with E-state index in [1.54, 1.807) is 27.7 Å². The molecule has 0 bridgehead atoms. The van der Waals surface area contributed by atoms with Crippen LogP contribution in [-0.4, -0.2) is 75.9 Å². The van der Waals surface area contributed by atoms with Gasteiger partial charge in [0, 0.05) is 79.7 Å². The molecule has 0 atom stereocenters. The Morgan fingerprint density at radius 1 is 0.615 bits per heavy atom. The molecular formula is C44H43ClF6N14. The molecule has 2 aliphatic carbocycles. The molecule has 7 aromatic heterocycles. The van der Waals surface area contributed by atoms with Gasteiger partial charge >= 0.3 is 12.4 Å². The summed E-state index contributed by atoms with van der Waals surface area (Å²) in [5, 5.41) is 20.0. The highest BCUT2D eigenvalue weighted by Crippen LogP contribution is 2.56. The van der Waals surface area contributed by atoms with Crippen LogP contribution in [0.1, 0.15) is 79.8 Å². The summed E-state index contributed by atoms with van der Waals surface area (Å²) >= 11 is 5.96. The number of nitrogens with one attached hydrogen (secondary N) is 1. The predicted octanol–water partition coefficient (Wildman–Crippen LogP) is 9.90. The first kappa shape index (κ1) is 42.8. The molecule has 9 heterocycles. The lowest BCUT2D eigenvalue weighted by Gasteiger charge is -2.42. The number of aryl methyl sites for hydroxylation is 5. The highest BCUT2D eigenvalue weighted by Gasteiger charge is 2.63. The Morgan fingerprint density at radius 2 is 1.12 bits per heavy atom. The maximum atomic E-state index is 14.1. The number of anilines is 2. The summed E-state index contributed by atoms with van der Waals surface area (Å²) in [5.74, 6) is 1.48. The van der Waals surface area contributed by atoms with E-state index in [0.29, 0.717) is 75.2 Å². The number of hydrogen-bond acceptors (Lipinski definition) is 10. The zero-order valence-electron chi connectivity index (χ0n) is 35.6. The minimum atomic E-state index is -4.34. The van der Waals surface area contributed by atoms with Gasteiger partial charge in [0.1, 0.15) is 22.5 Å².